The maximum atomic E-state index is 12.1. The number of rotatable bonds is 8. The van der Waals surface area contributed by atoms with E-state index in [4.69, 9.17) is 9.47 Å². The number of carbonyl (C=O) groups excluding carboxylic acids is 1. The zero-order chi connectivity index (χ0) is 18.9. The molecule has 27 heavy (non-hydrogen) atoms. The Labute approximate surface area is 158 Å². The highest BCUT2D eigenvalue weighted by molar-refractivity contribution is 5.92. The average Bonchev–Trinajstić information content (AvgIpc) is 2.72. The Kier molecular flexibility index (Phi) is 6.25. The van der Waals surface area contributed by atoms with Crippen molar-refractivity contribution in [1.29, 1.82) is 0 Å². The van der Waals surface area contributed by atoms with Crippen LogP contribution in [0.4, 0.5) is 11.4 Å². The molecular formula is C21H21N3O3. The van der Waals surface area contributed by atoms with Crippen LogP contribution in [0.5, 0.6) is 11.5 Å². The molecule has 0 aliphatic heterocycles. The van der Waals surface area contributed by atoms with Crippen LogP contribution >= 0.6 is 0 Å². The van der Waals surface area contributed by atoms with Crippen molar-refractivity contribution in [2.24, 2.45) is 0 Å². The quantitative estimate of drug-likeness (QED) is 0.638. The van der Waals surface area contributed by atoms with Gasteiger partial charge in [0.25, 0.3) is 5.91 Å². The van der Waals surface area contributed by atoms with Crippen LogP contribution in [-0.2, 0) is 11.3 Å². The van der Waals surface area contributed by atoms with Gasteiger partial charge in [0.05, 0.1) is 19.3 Å². The van der Waals surface area contributed by atoms with E-state index in [2.05, 4.69) is 15.6 Å². The molecule has 0 atom stereocenters. The maximum Gasteiger partial charge on any atom is 0.262 e. The molecule has 0 saturated carbocycles. The highest BCUT2D eigenvalue weighted by Gasteiger charge is 2.07. The molecule has 0 saturated heterocycles. The highest BCUT2D eigenvalue weighted by atomic mass is 16.5. The Morgan fingerprint density at radius 2 is 1.63 bits per heavy atom. The van der Waals surface area contributed by atoms with E-state index in [1.54, 1.807) is 25.4 Å². The summed E-state index contributed by atoms with van der Waals surface area (Å²) in [5, 5.41) is 6.09. The van der Waals surface area contributed by atoms with Gasteiger partial charge < -0.3 is 20.1 Å². The Balaban J connectivity index is 1.48. The van der Waals surface area contributed by atoms with Crippen molar-refractivity contribution in [2.45, 2.75) is 6.54 Å². The van der Waals surface area contributed by atoms with Gasteiger partial charge in [-0.25, -0.2) is 0 Å². The number of aromatic nitrogens is 1. The molecule has 3 rings (SSSR count). The number of benzene rings is 2. The van der Waals surface area contributed by atoms with Crippen LogP contribution < -0.4 is 20.1 Å². The van der Waals surface area contributed by atoms with Crippen molar-refractivity contribution >= 4 is 17.3 Å². The molecule has 0 aliphatic rings. The van der Waals surface area contributed by atoms with Crippen LogP contribution in [0.3, 0.4) is 0 Å². The Hall–Kier alpha value is -3.54. The number of nitrogens with one attached hydrogen (secondary N) is 2. The third kappa shape index (κ3) is 5.47. The fourth-order valence-electron chi connectivity index (χ4n) is 2.45. The maximum absolute atomic E-state index is 12.1. The molecule has 0 unspecified atom stereocenters. The number of para-hydroxylation sites is 2. The lowest BCUT2D eigenvalue weighted by Crippen LogP contribution is -2.20. The predicted molar refractivity (Wildman–Crippen MR) is 105 cm³/mol. The number of hydrogen-bond donors (Lipinski definition) is 2. The van der Waals surface area contributed by atoms with Gasteiger partial charge in [-0.2, -0.15) is 0 Å². The lowest BCUT2D eigenvalue weighted by atomic mass is 10.2. The molecule has 2 aromatic carbocycles. The van der Waals surface area contributed by atoms with E-state index in [1.165, 1.54) is 0 Å². The normalized spacial score (nSPS) is 10.1. The molecule has 0 spiro atoms. The lowest BCUT2D eigenvalue weighted by molar-refractivity contribution is -0.118. The van der Waals surface area contributed by atoms with Gasteiger partial charge >= 0.3 is 0 Å². The van der Waals surface area contributed by atoms with Gasteiger partial charge in [0.15, 0.2) is 18.1 Å². The monoisotopic (exact) mass is 363 g/mol. The molecule has 1 heterocycles. The van der Waals surface area contributed by atoms with Crippen LogP contribution in [0.1, 0.15) is 5.69 Å². The molecule has 0 radical (unpaired) electrons. The number of amides is 1. The molecule has 6 nitrogen and oxygen atoms in total. The van der Waals surface area contributed by atoms with Crippen LogP contribution in [-0.4, -0.2) is 24.6 Å². The van der Waals surface area contributed by atoms with Gasteiger partial charge in [0.2, 0.25) is 0 Å². The molecule has 1 amide bonds. The SMILES string of the molecule is COc1ccccc1OCC(=O)Nc1ccc(NCc2ccccn2)cc1. The van der Waals surface area contributed by atoms with Crippen molar-refractivity contribution in [3.8, 4) is 11.5 Å². The third-order valence-corrected chi connectivity index (χ3v) is 3.80. The van der Waals surface area contributed by atoms with E-state index < -0.39 is 0 Å². The first-order chi connectivity index (χ1) is 13.2. The minimum Gasteiger partial charge on any atom is -0.493 e. The summed E-state index contributed by atoms with van der Waals surface area (Å²) in [6.07, 6.45) is 1.77. The predicted octanol–water partition coefficient (Wildman–Crippen LogP) is 3.72. The topological polar surface area (TPSA) is 72.5 Å². The summed E-state index contributed by atoms with van der Waals surface area (Å²) in [6, 6.07) is 20.5. The minimum atomic E-state index is -0.241. The van der Waals surface area contributed by atoms with Gasteiger partial charge in [0.1, 0.15) is 0 Å². The number of anilines is 2. The summed E-state index contributed by atoms with van der Waals surface area (Å²) in [5.74, 6) is 0.882. The van der Waals surface area contributed by atoms with Crippen LogP contribution in [0.15, 0.2) is 72.9 Å². The molecule has 6 heteroatoms. The second kappa shape index (κ2) is 9.24. The zero-order valence-electron chi connectivity index (χ0n) is 15.0. The number of methoxy groups -OCH3 is 1. The molecule has 0 aliphatic carbocycles. The largest absolute Gasteiger partial charge is 0.493 e. The summed E-state index contributed by atoms with van der Waals surface area (Å²) < 4.78 is 10.7. The first kappa shape index (κ1) is 18.3. The summed E-state index contributed by atoms with van der Waals surface area (Å²) >= 11 is 0. The Bertz CT molecular complexity index is 867. The second-order valence-electron chi connectivity index (χ2n) is 5.74. The fourth-order valence-corrected chi connectivity index (χ4v) is 2.45. The van der Waals surface area contributed by atoms with Crippen molar-refractivity contribution < 1.29 is 14.3 Å². The molecule has 3 aromatic rings. The average molecular weight is 363 g/mol. The molecule has 0 bridgehead atoms. The molecule has 138 valence electrons. The first-order valence-electron chi connectivity index (χ1n) is 8.54. The molecular weight excluding hydrogens is 342 g/mol. The van der Waals surface area contributed by atoms with Crippen LogP contribution in [0, 0.1) is 0 Å². The minimum absolute atomic E-state index is 0.0972. The van der Waals surface area contributed by atoms with Gasteiger partial charge in [-0.15, -0.1) is 0 Å². The lowest BCUT2D eigenvalue weighted by Gasteiger charge is -2.11. The molecule has 2 N–H and O–H groups in total. The van der Waals surface area contributed by atoms with Crippen LogP contribution in [0.25, 0.3) is 0 Å². The standard InChI is InChI=1S/C21H21N3O3/c1-26-19-7-2-3-8-20(19)27-15-21(25)24-17-11-9-16(10-12-17)23-14-18-6-4-5-13-22-18/h2-13,23H,14-15H2,1H3,(H,24,25). The van der Waals surface area contributed by atoms with Gasteiger partial charge in [-0.3, -0.25) is 9.78 Å². The number of hydrogen-bond acceptors (Lipinski definition) is 5. The smallest absolute Gasteiger partial charge is 0.262 e. The zero-order valence-corrected chi connectivity index (χ0v) is 15.0. The van der Waals surface area contributed by atoms with E-state index in [-0.39, 0.29) is 12.5 Å². The Morgan fingerprint density at radius 1 is 0.926 bits per heavy atom. The van der Waals surface area contributed by atoms with Crippen molar-refractivity contribution in [2.75, 3.05) is 24.4 Å². The van der Waals surface area contributed by atoms with Crippen molar-refractivity contribution in [1.82, 2.24) is 4.98 Å². The van der Waals surface area contributed by atoms with E-state index in [0.717, 1.165) is 11.4 Å². The number of ether oxygens (including phenoxy) is 2. The molecule has 1 aromatic heterocycles. The summed E-state index contributed by atoms with van der Waals surface area (Å²) in [5.41, 5.74) is 2.61. The van der Waals surface area contributed by atoms with Gasteiger partial charge in [-0.05, 0) is 48.5 Å². The number of carbonyl (C=O) groups is 1. The fraction of sp³-hybridized carbons (Fsp3) is 0.143. The summed E-state index contributed by atoms with van der Waals surface area (Å²) in [4.78, 5) is 16.3. The summed E-state index contributed by atoms with van der Waals surface area (Å²) in [7, 11) is 1.56. The number of pyridine rings is 1. The van der Waals surface area contributed by atoms with Crippen molar-refractivity contribution in [3.05, 3.63) is 78.6 Å². The molecule has 0 fully saturated rings. The highest BCUT2D eigenvalue weighted by Crippen LogP contribution is 2.25. The number of nitrogens with zero attached hydrogens (tertiary/aromatic N) is 1. The van der Waals surface area contributed by atoms with E-state index >= 15 is 0 Å². The van der Waals surface area contributed by atoms with Gasteiger partial charge in [0, 0.05) is 17.6 Å². The van der Waals surface area contributed by atoms with Crippen molar-refractivity contribution in [3.63, 3.8) is 0 Å². The first-order valence-corrected chi connectivity index (χ1v) is 8.54. The van der Waals surface area contributed by atoms with E-state index in [9.17, 15) is 4.79 Å². The van der Waals surface area contributed by atoms with E-state index in [0.29, 0.717) is 23.7 Å². The van der Waals surface area contributed by atoms with E-state index in [1.807, 2.05) is 54.6 Å². The second-order valence-corrected chi connectivity index (χ2v) is 5.74. The van der Waals surface area contributed by atoms with Crippen LogP contribution in [0.2, 0.25) is 0 Å². The van der Waals surface area contributed by atoms with Gasteiger partial charge in [-0.1, -0.05) is 18.2 Å². The Morgan fingerprint density at radius 3 is 2.33 bits per heavy atom. The summed E-state index contributed by atoms with van der Waals surface area (Å²) in [6.45, 7) is 0.541. The third-order valence-electron chi connectivity index (χ3n) is 3.80.